The van der Waals surface area contributed by atoms with Crippen LogP contribution in [0.1, 0.15) is 27.7 Å². The molecule has 0 fully saturated rings. The lowest BCUT2D eigenvalue weighted by molar-refractivity contribution is -0.0982. The highest BCUT2D eigenvalue weighted by Crippen LogP contribution is 2.25. The SMILES string of the molecule is CC(C)(O)C(C)(C)OB(O)c1ccc2n[nH]nc2c1. The highest BCUT2D eigenvalue weighted by Gasteiger charge is 2.39. The number of nitrogens with one attached hydrogen (secondary N) is 1. The van der Waals surface area contributed by atoms with Crippen LogP contribution in [-0.2, 0) is 4.65 Å². The lowest BCUT2D eigenvalue weighted by atomic mass is 9.76. The third kappa shape index (κ3) is 2.78. The predicted molar refractivity (Wildman–Crippen MR) is 73.0 cm³/mol. The summed E-state index contributed by atoms with van der Waals surface area (Å²) in [5.74, 6) is 0. The summed E-state index contributed by atoms with van der Waals surface area (Å²) in [7, 11) is -1.14. The van der Waals surface area contributed by atoms with Crippen LogP contribution in [0.2, 0.25) is 0 Å². The van der Waals surface area contributed by atoms with E-state index >= 15 is 0 Å². The van der Waals surface area contributed by atoms with E-state index in [1.165, 1.54) is 0 Å². The van der Waals surface area contributed by atoms with Gasteiger partial charge in [-0.1, -0.05) is 6.07 Å². The van der Waals surface area contributed by atoms with Crippen LogP contribution in [0.5, 0.6) is 0 Å². The van der Waals surface area contributed by atoms with Crippen molar-refractivity contribution < 1.29 is 14.8 Å². The van der Waals surface area contributed by atoms with E-state index in [2.05, 4.69) is 15.4 Å². The minimum Gasteiger partial charge on any atom is -0.423 e. The second-order valence-corrected chi connectivity index (χ2v) is 5.61. The molecule has 2 rings (SSSR count). The molecule has 1 aromatic carbocycles. The minimum absolute atomic E-state index is 0.568. The number of fused-ring (bicyclic) bond motifs is 1. The molecule has 0 saturated carbocycles. The zero-order valence-electron chi connectivity index (χ0n) is 11.5. The number of H-pyrrole nitrogens is 1. The average Bonchev–Trinajstić information content (AvgIpc) is 2.73. The molecule has 0 aliphatic heterocycles. The van der Waals surface area contributed by atoms with Crippen LogP contribution in [0, 0.1) is 0 Å². The number of rotatable bonds is 4. The van der Waals surface area contributed by atoms with Crippen LogP contribution in [-0.4, -0.2) is 43.9 Å². The van der Waals surface area contributed by atoms with E-state index in [1.807, 2.05) is 0 Å². The fraction of sp³-hybridized carbons (Fsp3) is 0.500. The number of aliphatic hydroxyl groups is 1. The van der Waals surface area contributed by atoms with Gasteiger partial charge in [0.05, 0.1) is 11.2 Å². The second-order valence-electron chi connectivity index (χ2n) is 5.61. The van der Waals surface area contributed by atoms with Gasteiger partial charge in [-0.2, -0.15) is 15.4 Å². The molecule has 0 aliphatic carbocycles. The van der Waals surface area contributed by atoms with E-state index in [-0.39, 0.29) is 0 Å². The number of hydrogen-bond acceptors (Lipinski definition) is 5. The number of benzene rings is 1. The first-order chi connectivity index (χ1) is 8.71. The maximum atomic E-state index is 10.1. The van der Waals surface area contributed by atoms with Gasteiger partial charge in [-0.25, -0.2) is 0 Å². The number of aromatic amines is 1. The molecule has 0 aliphatic rings. The first-order valence-corrected chi connectivity index (χ1v) is 6.09. The van der Waals surface area contributed by atoms with Crippen LogP contribution in [0.3, 0.4) is 0 Å². The summed E-state index contributed by atoms with van der Waals surface area (Å²) in [5, 5.41) is 30.5. The van der Waals surface area contributed by atoms with E-state index < -0.39 is 18.3 Å². The fourth-order valence-electron chi connectivity index (χ4n) is 1.50. The maximum absolute atomic E-state index is 10.1. The van der Waals surface area contributed by atoms with E-state index in [0.29, 0.717) is 11.0 Å². The zero-order valence-corrected chi connectivity index (χ0v) is 11.5. The van der Waals surface area contributed by atoms with Crippen molar-refractivity contribution in [1.82, 2.24) is 15.4 Å². The van der Waals surface area contributed by atoms with Gasteiger partial charge in [-0.15, -0.1) is 0 Å². The molecule has 6 nitrogen and oxygen atoms in total. The Balaban J connectivity index is 2.22. The molecule has 0 atom stereocenters. The van der Waals surface area contributed by atoms with Crippen LogP contribution in [0.25, 0.3) is 11.0 Å². The molecule has 0 bridgehead atoms. The molecule has 0 unspecified atom stereocenters. The van der Waals surface area contributed by atoms with E-state index in [1.54, 1.807) is 45.9 Å². The molecule has 0 radical (unpaired) electrons. The monoisotopic (exact) mass is 263 g/mol. The van der Waals surface area contributed by atoms with Crippen molar-refractivity contribution in [2.75, 3.05) is 0 Å². The molecular weight excluding hydrogens is 245 g/mol. The molecule has 3 N–H and O–H groups in total. The second kappa shape index (κ2) is 4.59. The first-order valence-electron chi connectivity index (χ1n) is 6.09. The summed E-state index contributed by atoms with van der Waals surface area (Å²) in [4.78, 5) is 0. The summed E-state index contributed by atoms with van der Waals surface area (Å²) in [6.45, 7) is 6.73. The zero-order chi connectivity index (χ0) is 14.3. The summed E-state index contributed by atoms with van der Waals surface area (Å²) >= 11 is 0. The summed E-state index contributed by atoms with van der Waals surface area (Å²) in [6.07, 6.45) is 0. The molecule has 0 spiro atoms. The van der Waals surface area contributed by atoms with Gasteiger partial charge < -0.3 is 14.8 Å². The molecule has 1 aromatic heterocycles. The molecule has 7 heteroatoms. The van der Waals surface area contributed by atoms with Crippen LogP contribution < -0.4 is 5.46 Å². The molecule has 2 aromatic rings. The largest absolute Gasteiger partial charge is 0.491 e. The molecule has 0 saturated heterocycles. The van der Waals surface area contributed by atoms with Crippen molar-refractivity contribution in [2.45, 2.75) is 38.9 Å². The van der Waals surface area contributed by atoms with Crippen molar-refractivity contribution in [1.29, 1.82) is 0 Å². The Bertz CT molecular complexity index is 577. The third-order valence-electron chi connectivity index (χ3n) is 3.51. The first kappa shape index (κ1) is 14.0. The fourth-order valence-corrected chi connectivity index (χ4v) is 1.50. The Morgan fingerprint density at radius 2 is 1.79 bits per heavy atom. The van der Waals surface area contributed by atoms with E-state index in [4.69, 9.17) is 4.65 Å². The van der Waals surface area contributed by atoms with Gasteiger partial charge in [-0.05, 0) is 45.3 Å². The normalized spacial score (nSPS) is 12.9. The Labute approximate surface area is 111 Å². The van der Waals surface area contributed by atoms with Crippen molar-refractivity contribution in [3.8, 4) is 0 Å². The van der Waals surface area contributed by atoms with Gasteiger partial charge in [0, 0.05) is 0 Å². The predicted octanol–water partition coefficient (Wildman–Crippen LogP) is 0.211. The minimum atomic E-state index is -1.14. The average molecular weight is 263 g/mol. The molecule has 19 heavy (non-hydrogen) atoms. The highest BCUT2D eigenvalue weighted by atomic mass is 16.5. The molecule has 0 amide bonds. The van der Waals surface area contributed by atoms with E-state index in [0.717, 1.165) is 5.52 Å². The molecule has 102 valence electrons. The van der Waals surface area contributed by atoms with Crippen LogP contribution >= 0.6 is 0 Å². The maximum Gasteiger partial charge on any atom is 0.491 e. The third-order valence-corrected chi connectivity index (χ3v) is 3.51. The van der Waals surface area contributed by atoms with Gasteiger partial charge in [0.15, 0.2) is 0 Å². The van der Waals surface area contributed by atoms with Crippen LogP contribution in [0.15, 0.2) is 18.2 Å². The molecular formula is C12H18BN3O3. The lowest BCUT2D eigenvalue weighted by Gasteiger charge is -2.38. The standard InChI is InChI=1S/C12H18BN3O3/c1-11(2,17)12(3,4)19-13(18)8-5-6-9-10(7-8)15-16-14-9/h5-7,17-18H,1-4H3,(H,14,15,16). The highest BCUT2D eigenvalue weighted by molar-refractivity contribution is 6.60. The lowest BCUT2D eigenvalue weighted by Crippen LogP contribution is -2.53. The Kier molecular flexibility index (Phi) is 3.38. The van der Waals surface area contributed by atoms with Crippen molar-refractivity contribution >= 4 is 23.6 Å². The Hall–Kier alpha value is -1.44. The van der Waals surface area contributed by atoms with Crippen molar-refractivity contribution in [3.05, 3.63) is 18.2 Å². The van der Waals surface area contributed by atoms with Gasteiger partial charge >= 0.3 is 7.12 Å². The Morgan fingerprint density at radius 3 is 2.42 bits per heavy atom. The summed E-state index contributed by atoms with van der Waals surface area (Å²) in [5.41, 5.74) is -0.0328. The smallest absolute Gasteiger partial charge is 0.423 e. The van der Waals surface area contributed by atoms with Crippen LogP contribution in [0.4, 0.5) is 0 Å². The Morgan fingerprint density at radius 1 is 1.16 bits per heavy atom. The summed E-state index contributed by atoms with van der Waals surface area (Å²) in [6, 6.07) is 5.16. The van der Waals surface area contributed by atoms with Gasteiger partial charge in [-0.3, -0.25) is 0 Å². The topological polar surface area (TPSA) is 91.3 Å². The number of nitrogens with zero attached hydrogens (tertiary/aromatic N) is 2. The van der Waals surface area contributed by atoms with Gasteiger partial charge in [0.2, 0.25) is 0 Å². The molecule has 1 heterocycles. The van der Waals surface area contributed by atoms with Crippen molar-refractivity contribution in [3.63, 3.8) is 0 Å². The number of aromatic nitrogens is 3. The number of hydrogen-bond donors (Lipinski definition) is 3. The quantitative estimate of drug-likeness (QED) is 0.686. The van der Waals surface area contributed by atoms with Gasteiger partial charge in [0.25, 0.3) is 0 Å². The van der Waals surface area contributed by atoms with Crippen molar-refractivity contribution in [2.24, 2.45) is 0 Å². The van der Waals surface area contributed by atoms with Gasteiger partial charge in [0.1, 0.15) is 11.0 Å². The summed E-state index contributed by atoms with van der Waals surface area (Å²) < 4.78 is 5.56. The van der Waals surface area contributed by atoms with E-state index in [9.17, 15) is 10.1 Å².